The molecule has 11 heavy (non-hydrogen) atoms. The second-order valence-corrected chi connectivity index (χ2v) is 2.73. The number of methoxy groups -OCH3 is 1. The first kappa shape index (κ1) is 10.8. The van der Waals surface area contributed by atoms with Crippen molar-refractivity contribution in [1.82, 2.24) is 4.90 Å². The number of rotatable bonds is 5. The molecule has 0 fully saturated rings. The molecule has 0 spiro atoms. The molecule has 0 atom stereocenters. The van der Waals surface area contributed by atoms with Crippen LogP contribution in [0.1, 0.15) is 6.42 Å². The molecular formula is C7H15NO2S. The molecular weight excluding hydrogens is 162 g/mol. The molecule has 0 aliphatic carbocycles. The Bertz CT molecular complexity index is 119. The Balaban J connectivity index is 3.46. The largest absolute Gasteiger partial charge is 0.383 e. The van der Waals surface area contributed by atoms with Crippen molar-refractivity contribution in [3.05, 3.63) is 0 Å². The number of hydrogen-bond acceptors (Lipinski definition) is 3. The fourth-order valence-electron chi connectivity index (χ4n) is 0.639. The monoisotopic (exact) mass is 177 g/mol. The lowest BCUT2D eigenvalue weighted by Crippen LogP contribution is -2.29. The summed E-state index contributed by atoms with van der Waals surface area (Å²) in [5.74, 6) is 0.730. The van der Waals surface area contributed by atoms with Crippen LogP contribution in [0.4, 0.5) is 0 Å². The highest BCUT2D eigenvalue weighted by Crippen LogP contribution is 1.91. The molecule has 4 heteroatoms. The van der Waals surface area contributed by atoms with Crippen LogP contribution in [0.25, 0.3) is 0 Å². The van der Waals surface area contributed by atoms with Gasteiger partial charge in [-0.05, 0) is 5.75 Å². The van der Waals surface area contributed by atoms with E-state index >= 15 is 0 Å². The maximum absolute atomic E-state index is 11.1. The molecule has 0 unspecified atom stereocenters. The van der Waals surface area contributed by atoms with Crippen molar-refractivity contribution in [2.45, 2.75) is 6.42 Å². The summed E-state index contributed by atoms with van der Waals surface area (Å²) in [5, 5.41) is 0. The molecule has 0 aliphatic heterocycles. The number of carbonyl (C=O) groups excluding carboxylic acids is 1. The van der Waals surface area contributed by atoms with Crippen LogP contribution >= 0.6 is 12.6 Å². The lowest BCUT2D eigenvalue weighted by atomic mass is 10.4. The minimum atomic E-state index is 0.122. The van der Waals surface area contributed by atoms with Crippen LogP contribution in [0.5, 0.6) is 0 Å². The van der Waals surface area contributed by atoms with Gasteiger partial charge in [0.25, 0.3) is 0 Å². The van der Waals surface area contributed by atoms with Crippen molar-refractivity contribution in [3.63, 3.8) is 0 Å². The first-order valence-electron chi connectivity index (χ1n) is 3.56. The summed E-state index contributed by atoms with van der Waals surface area (Å²) in [6.45, 7) is 1.25. The zero-order chi connectivity index (χ0) is 8.69. The Morgan fingerprint density at radius 2 is 2.27 bits per heavy atom. The van der Waals surface area contributed by atoms with Crippen molar-refractivity contribution in [2.75, 3.05) is 33.1 Å². The Morgan fingerprint density at radius 3 is 2.73 bits per heavy atom. The number of ether oxygens (including phenoxy) is 1. The quantitative estimate of drug-likeness (QED) is 0.616. The Kier molecular flexibility index (Phi) is 6.36. The standard InChI is InChI=1S/C7H15NO2S/c1-8(4-5-10-2)7(9)3-6-11/h11H,3-6H2,1-2H3. The third kappa shape index (κ3) is 5.09. The normalized spacial score (nSPS) is 9.73. The number of thiol groups is 1. The third-order valence-electron chi connectivity index (χ3n) is 1.38. The van der Waals surface area contributed by atoms with Gasteiger partial charge in [0.05, 0.1) is 6.61 Å². The van der Waals surface area contributed by atoms with Crippen LogP contribution in [0.3, 0.4) is 0 Å². The van der Waals surface area contributed by atoms with Gasteiger partial charge in [-0.1, -0.05) is 0 Å². The summed E-state index contributed by atoms with van der Waals surface area (Å²) >= 11 is 3.97. The molecule has 0 aromatic carbocycles. The first-order chi connectivity index (χ1) is 5.22. The first-order valence-corrected chi connectivity index (χ1v) is 4.19. The highest BCUT2D eigenvalue weighted by molar-refractivity contribution is 7.80. The molecule has 0 N–H and O–H groups in total. The summed E-state index contributed by atoms with van der Waals surface area (Å²) in [5.41, 5.74) is 0. The average Bonchev–Trinajstić information content (AvgIpc) is 2.00. The van der Waals surface area contributed by atoms with Crippen molar-refractivity contribution in [1.29, 1.82) is 0 Å². The van der Waals surface area contributed by atoms with Crippen LogP contribution in [0, 0.1) is 0 Å². The lowest BCUT2D eigenvalue weighted by molar-refractivity contribution is -0.129. The SMILES string of the molecule is COCCN(C)C(=O)CCS. The summed E-state index contributed by atoms with van der Waals surface area (Å²) in [7, 11) is 3.39. The molecule has 0 aromatic rings. The number of likely N-dealkylation sites (N-methyl/N-ethyl adjacent to an activating group) is 1. The molecule has 0 saturated carbocycles. The van der Waals surface area contributed by atoms with Crippen molar-refractivity contribution in [3.8, 4) is 0 Å². The van der Waals surface area contributed by atoms with Gasteiger partial charge in [-0.3, -0.25) is 4.79 Å². The smallest absolute Gasteiger partial charge is 0.223 e. The zero-order valence-corrected chi connectivity index (χ0v) is 7.93. The predicted octanol–water partition coefficient (Wildman–Crippen LogP) is 0.411. The van der Waals surface area contributed by atoms with Crippen LogP contribution in [0.15, 0.2) is 0 Å². The molecule has 0 radical (unpaired) electrons. The number of carbonyl (C=O) groups is 1. The molecule has 66 valence electrons. The highest BCUT2D eigenvalue weighted by atomic mass is 32.1. The zero-order valence-electron chi connectivity index (χ0n) is 7.04. The average molecular weight is 177 g/mol. The molecule has 0 bridgehead atoms. The van der Waals surface area contributed by atoms with Crippen molar-refractivity contribution >= 4 is 18.5 Å². The van der Waals surface area contributed by atoms with Gasteiger partial charge in [-0.15, -0.1) is 0 Å². The number of amides is 1. The van der Waals surface area contributed by atoms with E-state index in [4.69, 9.17) is 4.74 Å². The van der Waals surface area contributed by atoms with Gasteiger partial charge < -0.3 is 9.64 Å². The van der Waals surface area contributed by atoms with Gasteiger partial charge in [-0.2, -0.15) is 12.6 Å². The van der Waals surface area contributed by atoms with Gasteiger partial charge in [0, 0.05) is 27.1 Å². The minimum absolute atomic E-state index is 0.122. The van der Waals surface area contributed by atoms with Crippen molar-refractivity contribution < 1.29 is 9.53 Å². The number of hydrogen-bond donors (Lipinski definition) is 1. The van der Waals surface area contributed by atoms with E-state index in [0.717, 1.165) is 0 Å². The molecule has 0 aliphatic rings. The van der Waals surface area contributed by atoms with Gasteiger partial charge in [0.15, 0.2) is 0 Å². The summed E-state index contributed by atoms with van der Waals surface area (Å²) < 4.78 is 4.83. The Morgan fingerprint density at radius 1 is 1.64 bits per heavy atom. The van der Waals surface area contributed by atoms with E-state index in [9.17, 15) is 4.79 Å². The summed E-state index contributed by atoms with van der Waals surface area (Å²) in [6.07, 6.45) is 0.503. The van der Waals surface area contributed by atoms with Gasteiger partial charge in [-0.25, -0.2) is 0 Å². The maximum Gasteiger partial charge on any atom is 0.223 e. The third-order valence-corrected chi connectivity index (χ3v) is 1.61. The van der Waals surface area contributed by atoms with Crippen LogP contribution < -0.4 is 0 Å². The van der Waals surface area contributed by atoms with Gasteiger partial charge in [0.1, 0.15) is 0 Å². The molecule has 0 saturated heterocycles. The van der Waals surface area contributed by atoms with E-state index < -0.39 is 0 Å². The van der Waals surface area contributed by atoms with Crippen molar-refractivity contribution in [2.24, 2.45) is 0 Å². The van der Waals surface area contributed by atoms with Gasteiger partial charge in [0.2, 0.25) is 5.91 Å². The van der Waals surface area contributed by atoms with Crippen LogP contribution in [0.2, 0.25) is 0 Å². The van der Waals surface area contributed by atoms with E-state index in [1.807, 2.05) is 0 Å². The summed E-state index contributed by atoms with van der Waals surface area (Å²) in [6, 6.07) is 0. The van der Waals surface area contributed by atoms with E-state index in [-0.39, 0.29) is 5.91 Å². The van der Waals surface area contributed by atoms with Crippen LogP contribution in [-0.4, -0.2) is 43.9 Å². The minimum Gasteiger partial charge on any atom is -0.383 e. The molecule has 0 rings (SSSR count). The molecule has 0 aromatic heterocycles. The lowest BCUT2D eigenvalue weighted by Gasteiger charge is -2.15. The Hall–Kier alpha value is -0.220. The fourth-order valence-corrected chi connectivity index (χ4v) is 0.831. The molecule has 3 nitrogen and oxygen atoms in total. The molecule has 1 amide bonds. The summed E-state index contributed by atoms with van der Waals surface area (Å²) in [4.78, 5) is 12.7. The van der Waals surface area contributed by atoms with E-state index in [2.05, 4.69) is 12.6 Å². The van der Waals surface area contributed by atoms with E-state index in [0.29, 0.717) is 25.3 Å². The second-order valence-electron chi connectivity index (χ2n) is 2.28. The van der Waals surface area contributed by atoms with Gasteiger partial charge >= 0.3 is 0 Å². The second kappa shape index (κ2) is 6.49. The maximum atomic E-state index is 11.1. The van der Waals surface area contributed by atoms with Crippen LogP contribution in [-0.2, 0) is 9.53 Å². The predicted molar refractivity (Wildman–Crippen MR) is 48.0 cm³/mol. The highest BCUT2D eigenvalue weighted by Gasteiger charge is 2.05. The topological polar surface area (TPSA) is 29.5 Å². The Labute approximate surface area is 73.1 Å². The molecule has 0 heterocycles. The van der Waals surface area contributed by atoms with E-state index in [1.165, 1.54) is 0 Å². The fraction of sp³-hybridized carbons (Fsp3) is 0.857. The number of nitrogens with zero attached hydrogens (tertiary/aromatic N) is 1. The van der Waals surface area contributed by atoms with E-state index in [1.54, 1.807) is 19.1 Å².